The van der Waals surface area contributed by atoms with Crippen molar-refractivity contribution in [2.75, 3.05) is 13.7 Å². The highest BCUT2D eigenvalue weighted by Crippen LogP contribution is 2.39. The van der Waals surface area contributed by atoms with Crippen LogP contribution < -0.4 is 0 Å². The number of benzene rings is 1. The molecule has 2 fully saturated rings. The number of hydrogen-bond acceptors (Lipinski definition) is 4. The molecule has 1 saturated carbocycles. The van der Waals surface area contributed by atoms with Gasteiger partial charge in [-0.15, -0.1) is 0 Å². The number of H-pyrrole nitrogens is 1. The maximum atomic E-state index is 12.5. The molecule has 2 heterocycles. The van der Waals surface area contributed by atoms with E-state index in [1.165, 1.54) is 12.7 Å². The van der Waals surface area contributed by atoms with Crippen molar-refractivity contribution in [2.24, 2.45) is 0 Å². The monoisotopic (exact) mass is 411 g/mol. The SMILES string of the molecule is COC(=O)N1[C@H](C)CC(c2[nH]ncc2C)[C@@H]1CO[C@H]1CC[C@@H](c2ccccc2)CC1. The lowest BCUT2D eigenvalue weighted by Crippen LogP contribution is -2.44. The maximum Gasteiger partial charge on any atom is 0.410 e. The predicted octanol–water partition coefficient (Wildman–Crippen LogP) is 4.77. The number of hydrogen-bond donors (Lipinski definition) is 1. The Hall–Kier alpha value is -2.34. The Labute approximate surface area is 178 Å². The zero-order valence-electron chi connectivity index (χ0n) is 18.2. The van der Waals surface area contributed by atoms with Crippen molar-refractivity contribution in [1.82, 2.24) is 15.1 Å². The highest BCUT2D eigenvalue weighted by molar-refractivity contribution is 5.69. The second-order valence-corrected chi connectivity index (χ2v) is 8.82. The number of ether oxygens (including phenoxy) is 2. The van der Waals surface area contributed by atoms with Gasteiger partial charge >= 0.3 is 6.09 Å². The second-order valence-electron chi connectivity index (χ2n) is 8.82. The smallest absolute Gasteiger partial charge is 0.410 e. The Kier molecular flexibility index (Phi) is 6.42. The number of likely N-dealkylation sites (tertiary alicyclic amines) is 1. The number of carbonyl (C=O) groups excluding carboxylic acids is 1. The van der Waals surface area contributed by atoms with Crippen molar-refractivity contribution in [2.45, 2.75) is 76.0 Å². The van der Waals surface area contributed by atoms with Crippen LogP contribution >= 0.6 is 0 Å². The van der Waals surface area contributed by atoms with Gasteiger partial charge in [0.2, 0.25) is 0 Å². The van der Waals surface area contributed by atoms with Gasteiger partial charge in [0, 0.05) is 17.7 Å². The fraction of sp³-hybridized carbons (Fsp3) is 0.583. The number of nitrogens with one attached hydrogen (secondary N) is 1. The van der Waals surface area contributed by atoms with E-state index in [0.29, 0.717) is 12.5 Å². The molecule has 1 aromatic carbocycles. The van der Waals surface area contributed by atoms with Crippen LogP contribution in [0.25, 0.3) is 0 Å². The number of carbonyl (C=O) groups is 1. The first-order valence-electron chi connectivity index (χ1n) is 11.1. The summed E-state index contributed by atoms with van der Waals surface area (Å²) in [5.41, 5.74) is 3.68. The van der Waals surface area contributed by atoms with Gasteiger partial charge in [0.15, 0.2) is 0 Å². The van der Waals surface area contributed by atoms with Crippen LogP contribution in [0.5, 0.6) is 0 Å². The Balaban J connectivity index is 1.40. The molecular weight excluding hydrogens is 378 g/mol. The average molecular weight is 412 g/mol. The van der Waals surface area contributed by atoms with Crippen molar-refractivity contribution in [3.8, 4) is 0 Å². The molecule has 6 nitrogen and oxygen atoms in total. The Bertz CT molecular complexity index is 829. The third-order valence-corrected chi connectivity index (χ3v) is 6.96. The summed E-state index contributed by atoms with van der Waals surface area (Å²) in [5.74, 6) is 0.812. The van der Waals surface area contributed by atoms with E-state index in [4.69, 9.17) is 9.47 Å². The zero-order chi connectivity index (χ0) is 21.1. The average Bonchev–Trinajstić information content (AvgIpc) is 3.35. The standard InChI is InChI=1S/C24H33N3O3/c1-16-14-25-26-23(16)21-13-17(2)27(24(28)29-3)22(21)15-30-20-11-9-19(10-12-20)18-7-5-4-6-8-18/h4-8,14,17,19-22H,9-13,15H2,1-3H3,(H,25,26)/t17-,19-,20+,21?,22+/m1/s1. The molecule has 1 N–H and O–H groups in total. The van der Waals surface area contributed by atoms with Crippen LogP contribution in [0.1, 0.15) is 67.7 Å². The molecule has 1 aliphatic carbocycles. The fourth-order valence-electron chi connectivity index (χ4n) is 5.34. The van der Waals surface area contributed by atoms with Crippen molar-refractivity contribution in [1.29, 1.82) is 0 Å². The van der Waals surface area contributed by atoms with E-state index >= 15 is 0 Å². The summed E-state index contributed by atoms with van der Waals surface area (Å²) in [6.07, 6.45) is 7.14. The maximum absolute atomic E-state index is 12.5. The van der Waals surface area contributed by atoms with Gasteiger partial charge in [-0.25, -0.2) is 4.79 Å². The van der Waals surface area contributed by atoms with E-state index in [1.807, 2.05) is 11.1 Å². The van der Waals surface area contributed by atoms with Gasteiger partial charge in [0.05, 0.1) is 32.1 Å². The van der Waals surface area contributed by atoms with Gasteiger partial charge in [-0.2, -0.15) is 5.10 Å². The van der Waals surface area contributed by atoms with Crippen LogP contribution in [-0.2, 0) is 9.47 Å². The molecule has 1 saturated heterocycles. The first-order chi connectivity index (χ1) is 14.6. The third-order valence-electron chi connectivity index (χ3n) is 6.96. The summed E-state index contributed by atoms with van der Waals surface area (Å²) >= 11 is 0. The molecule has 0 bridgehead atoms. The molecule has 1 aromatic heterocycles. The summed E-state index contributed by atoms with van der Waals surface area (Å²) in [7, 11) is 1.45. The number of amides is 1. The molecule has 30 heavy (non-hydrogen) atoms. The van der Waals surface area contributed by atoms with E-state index in [9.17, 15) is 4.79 Å². The van der Waals surface area contributed by atoms with Crippen LogP contribution in [-0.4, -0.2) is 53.1 Å². The molecule has 1 unspecified atom stereocenters. The summed E-state index contributed by atoms with van der Waals surface area (Å²) in [5, 5.41) is 7.36. The number of aryl methyl sites for hydroxylation is 1. The molecule has 0 radical (unpaired) electrons. The lowest BCUT2D eigenvalue weighted by molar-refractivity contribution is -0.00846. The molecule has 162 valence electrons. The molecule has 2 aromatic rings. The normalized spacial score (nSPS) is 29.2. The quantitative estimate of drug-likeness (QED) is 0.769. The summed E-state index contributed by atoms with van der Waals surface area (Å²) < 4.78 is 11.5. The number of rotatable bonds is 5. The summed E-state index contributed by atoms with van der Waals surface area (Å²) in [6.45, 7) is 4.68. The van der Waals surface area contributed by atoms with Crippen molar-refractivity contribution < 1.29 is 14.3 Å². The minimum Gasteiger partial charge on any atom is -0.453 e. The van der Waals surface area contributed by atoms with E-state index in [2.05, 4.69) is 54.4 Å². The van der Waals surface area contributed by atoms with Gasteiger partial charge in [0.1, 0.15) is 0 Å². The van der Waals surface area contributed by atoms with Crippen LogP contribution in [0.3, 0.4) is 0 Å². The predicted molar refractivity (Wildman–Crippen MR) is 116 cm³/mol. The van der Waals surface area contributed by atoms with Crippen LogP contribution in [0.4, 0.5) is 4.79 Å². The highest BCUT2D eigenvalue weighted by atomic mass is 16.5. The Morgan fingerprint density at radius 1 is 1.20 bits per heavy atom. The first kappa shape index (κ1) is 20.9. The lowest BCUT2D eigenvalue weighted by atomic mass is 9.83. The van der Waals surface area contributed by atoms with E-state index in [-0.39, 0.29) is 30.2 Å². The second kappa shape index (κ2) is 9.21. The molecule has 2 aliphatic rings. The van der Waals surface area contributed by atoms with E-state index in [0.717, 1.165) is 43.4 Å². The minimum absolute atomic E-state index is 0.0431. The van der Waals surface area contributed by atoms with Crippen molar-refractivity contribution in [3.63, 3.8) is 0 Å². The Morgan fingerprint density at radius 3 is 2.57 bits per heavy atom. The van der Waals surface area contributed by atoms with Crippen LogP contribution in [0.15, 0.2) is 36.5 Å². The molecule has 4 rings (SSSR count). The van der Waals surface area contributed by atoms with E-state index in [1.54, 1.807) is 0 Å². The lowest BCUT2D eigenvalue weighted by Gasteiger charge is -2.33. The molecular formula is C24H33N3O3. The van der Waals surface area contributed by atoms with Gasteiger partial charge in [0.25, 0.3) is 0 Å². The number of aromatic amines is 1. The third kappa shape index (κ3) is 4.24. The summed E-state index contributed by atoms with van der Waals surface area (Å²) in [6, 6.07) is 10.8. The first-order valence-corrected chi connectivity index (χ1v) is 11.1. The van der Waals surface area contributed by atoms with Crippen LogP contribution in [0.2, 0.25) is 0 Å². The van der Waals surface area contributed by atoms with Gasteiger partial charge in [-0.05, 0) is 63.0 Å². The Morgan fingerprint density at radius 2 is 1.93 bits per heavy atom. The highest BCUT2D eigenvalue weighted by Gasteiger charge is 2.44. The summed E-state index contributed by atoms with van der Waals surface area (Å²) in [4.78, 5) is 14.4. The molecule has 3 atom stereocenters. The molecule has 0 spiro atoms. The topological polar surface area (TPSA) is 67.5 Å². The zero-order valence-corrected chi connectivity index (χ0v) is 18.2. The largest absolute Gasteiger partial charge is 0.453 e. The van der Waals surface area contributed by atoms with Crippen LogP contribution in [0, 0.1) is 6.92 Å². The number of methoxy groups -OCH3 is 1. The number of nitrogens with zero attached hydrogens (tertiary/aromatic N) is 2. The molecule has 1 aliphatic heterocycles. The minimum atomic E-state index is -0.274. The van der Waals surface area contributed by atoms with Crippen molar-refractivity contribution >= 4 is 6.09 Å². The van der Waals surface area contributed by atoms with Crippen molar-refractivity contribution in [3.05, 3.63) is 53.3 Å². The van der Waals surface area contributed by atoms with Gasteiger partial charge < -0.3 is 9.47 Å². The fourth-order valence-corrected chi connectivity index (χ4v) is 5.34. The van der Waals surface area contributed by atoms with Gasteiger partial charge in [-0.3, -0.25) is 10.00 Å². The molecule has 6 heteroatoms. The van der Waals surface area contributed by atoms with Gasteiger partial charge in [-0.1, -0.05) is 30.3 Å². The molecule has 1 amide bonds. The number of aromatic nitrogens is 2. The van der Waals surface area contributed by atoms with E-state index < -0.39 is 0 Å².